The Morgan fingerprint density at radius 2 is 0.975 bits per heavy atom. The summed E-state index contributed by atoms with van der Waals surface area (Å²) in [6.07, 6.45) is 5.06. The molecule has 40 heavy (non-hydrogen) atoms. The van der Waals surface area contributed by atoms with Crippen molar-refractivity contribution >= 4 is 49.9 Å². The van der Waals surface area contributed by atoms with Crippen LogP contribution in [0.3, 0.4) is 0 Å². The van der Waals surface area contributed by atoms with Crippen LogP contribution in [0.1, 0.15) is 54.5 Å². The number of fused-ring (bicyclic) bond motifs is 2. The molecule has 0 aliphatic heterocycles. The van der Waals surface area contributed by atoms with E-state index in [2.05, 4.69) is 168 Å². The summed E-state index contributed by atoms with van der Waals surface area (Å²) in [6.45, 7) is 10.4. The predicted molar refractivity (Wildman–Crippen MR) is 180 cm³/mol. The topological polar surface area (TPSA) is 0 Å². The normalized spacial score (nSPS) is 19.0. The molecule has 203 valence electrons. The summed E-state index contributed by atoms with van der Waals surface area (Å²) in [5.74, 6) is -1.33. The third-order valence-corrected chi connectivity index (χ3v) is 60.3. The van der Waals surface area contributed by atoms with E-state index in [1.54, 1.807) is 22.3 Å². The van der Waals surface area contributed by atoms with E-state index >= 15 is 0 Å². The molecule has 0 radical (unpaired) electrons. The van der Waals surface area contributed by atoms with Gasteiger partial charge >= 0.3 is 261 Å². The molecule has 0 aromatic heterocycles. The monoisotopic (exact) mass is 745 g/mol. The summed E-state index contributed by atoms with van der Waals surface area (Å²) in [7, 11) is 0. The first-order chi connectivity index (χ1) is 19.3. The maximum atomic E-state index is 3.96. The fraction of sp³-hybridized carbons (Fsp3) is 0.222. The van der Waals surface area contributed by atoms with Gasteiger partial charge < -0.3 is 0 Å². The molecule has 0 bridgehead atoms. The van der Waals surface area contributed by atoms with Crippen LogP contribution in [0.4, 0.5) is 0 Å². The Morgan fingerprint density at radius 3 is 1.35 bits per heavy atom. The Balaban J connectivity index is 1.78. The molecule has 0 saturated carbocycles. The van der Waals surface area contributed by atoms with Gasteiger partial charge in [-0.25, -0.2) is 0 Å². The molecule has 0 nitrogen and oxygen atoms in total. The third kappa shape index (κ3) is 4.36. The molecule has 2 aliphatic rings. The van der Waals surface area contributed by atoms with E-state index in [9.17, 15) is 0 Å². The van der Waals surface area contributed by atoms with Gasteiger partial charge in [0, 0.05) is 0 Å². The van der Waals surface area contributed by atoms with E-state index in [1.165, 1.54) is 39.5 Å². The Morgan fingerprint density at radius 1 is 0.575 bits per heavy atom. The number of hydrogen-bond acceptors (Lipinski definition) is 0. The van der Waals surface area contributed by atoms with Crippen LogP contribution in [0.25, 0.3) is 12.2 Å². The molecule has 0 fully saturated rings. The molecular weight excluding hydrogens is 712 g/mol. The fourth-order valence-electron chi connectivity index (χ4n) is 8.90. The zero-order valence-corrected chi connectivity index (χ0v) is 30.6. The molecule has 0 spiro atoms. The van der Waals surface area contributed by atoms with Crippen molar-refractivity contribution in [3.8, 4) is 0 Å². The minimum absolute atomic E-state index is 0.499. The Kier molecular flexibility index (Phi) is 7.79. The van der Waals surface area contributed by atoms with Gasteiger partial charge in [0.25, 0.3) is 0 Å². The average Bonchev–Trinajstić information content (AvgIpc) is 3.48. The summed E-state index contributed by atoms with van der Waals surface area (Å²) in [6, 6.07) is 37.0. The van der Waals surface area contributed by atoms with Gasteiger partial charge in [-0.2, -0.15) is 0 Å². The maximum absolute atomic E-state index is 4.18. The van der Waals surface area contributed by atoms with Crippen molar-refractivity contribution in [1.82, 2.24) is 0 Å². The van der Waals surface area contributed by atoms with E-state index in [0.29, 0.717) is 7.25 Å². The Bertz CT molecular complexity index is 1520. The van der Waals surface area contributed by atoms with Crippen molar-refractivity contribution in [2.45, 2.75) is 42.5 Å². The van der Waals surface area contributed by atoms with Gasteiger partial charge in [0.2, 0.25) is 0 Å². The second-order valence-corrected chi connectivity index (χ2v) is 48.2. The number of benzene rings is 4. The van der Waals surface area contributed by atoms with Gasteiger partial charge in [-0.3, -0.25) is 0 Å². The molecule has 0 N–H and O–H groups in total. The van der Waals surface area contributed by atoms with Crippen LogP contribution >= 0.6 is 31.9 Å². The number of hydrogen-bond donors (Lipinski definition) is 0. The molecule has 4 aromatic carbocycles. The first kappa shape index (κ1) is 28.5. The van der Waals surface area contributed by atoms with Crippen molar-refractivity contribution in [3.05, 3.63) is 151 Å². The van der Waals surface area contributed by atoms with Crippen molar-refractivity contribution in [2.75, 3.05) is 0 Å². The van der Waals surface area contributed by atoms with Gasteiger partial charge in [-0.15, -0.1) is 0 Å². The number of halogens is 2. The first-order valence-corrected chi connectivity index (χ1v) is 29.5. The van der Waals surface area contributed by atoms with E-state index < -0.39 is 23.9 Å². The van der Waals surface area contributed by atoms with Crippen LogP contribution in [0, 0.1) is 0 Å². The van der Waals surface area contributed by atoms with Crippen LogP contribution in [-0.2, 0) is 26.2 Å². The van der Waals surface area contributed by atoms with Crippen molar-refractivity contribution in [1.29, 1.82) is 0 Å². The number of allylic oxidation sites excluding steroid dienone is 2. The van der Waals surface area contributed by atoms with Gasteiger partial charge in [-0.05, 0) is 0 Å². The SMILES string of the molecule is CC1=Cc2c(Br)cccc2[CH]1[Zr]([CH2]c1ccccc1)([CH2]c1ccccc1)([CH]1C(C)=Cc2c(Br)cccc21)[SiH](C)C. The molecule has 4 heteroatoms. The van der Waals surface area contributed by atoms with Gasteiger partial charge in [0.05, 0.1) is 0 Å². The zero-order chi connectivity index (χ0) is 28.1. The Labute approximate surface area is 258 Å². The van der Waals surface area contributed by atoms with Gasteiger partial charge in [-0.1, -0.05) is 0 Å². The quantitative estimate of drug-likeness (QED) is 0.165. The van der Waals surface area contributed by atoms with Crippen molar-refractivity contribution in [2.24, 2.45) is 0 Å². The number of rotatable bonds is 7. The molecule has 4 aromatic rings. The summed E-state index contributed by atoms with van der Waals surface area (Å²) in [5, 5.41) is 0. The average molecular weight is 749 g/mol. The molecular formula is C36H37Br2SiZr. The molecule has 0 heterocycles. The minimum atomic E-state index is -4.18. The van der Waals surface area contributed by atoms with Gasteiger partial charge in [0.15, 0.2) is 0 Å². The van der Waals surface area contributed by atoms with Crippen molar-refractivity contribution in [3.63, 3.8) is 0 Å². The molecule has 2 unspecified atom stereocenters. The summed E-state index contributed by atoms with van der Waals surface area (Å²) < 4.78 is 5.94. The molecule has 0 amide bonds. The predicted octanol–water partition coefficient (Wildman–Crippen LogP) is 10.9. The van der Waals surface area contributed by atoms with E-state index in [1.807, 2.05) is 0 Å². The molecule has 0 saturated heterocycles. The Hall–Kier alpha value is -1.58. The fourth-order valence-corrected chi connectivity index (χ4v) is 56.4. The summed E-state index contributed by atoms with van der Waals surface area (Å²) >= 11 is 3.74. The molecule has 6 rings (SSSR count). The van der Waals surface area contributed by atoms with E-state index in [0.717, 1.165) is 0 Å². The third-order valence-electron chi connectivity index (χ3n) is 10.4. The zero-order valence-electron chi connectivity index (χ0n) is 23.8. The van der Waals surface area contributed by atoms with Crippen LogP contribution < -0.4 is 0 Å². The van der Waals surface area contributed by atoms with Crippen LogP contribution in [-0.4, -0.2) is 5.92 Å². The standard InChI is InChI=1S/2C10H8Br.2C7H7.C2H7Si.Zr/c2*1-7-5-8-3-2-4-10(11)9(8)6-7;2*1-7-5-3-2-4-6-7;1-3-2;/h2*2-6H,1H3;2*2-6H,1H2;3H,1-2H3;. The van der Waals surface area contributed by atoms with Crippen LogP contribution in [0.2, 0.25) is 13.1 Å². The molecule has 2 atom stereocenters. The second-order valence-electron chi connectivity index (χ2n) is 12.6. The molecule has 2 aliphatic carbocycles. The summed E-state index contributed by atoms with van der Waals surface area (Å²) in [5.41, 5.74) is 12.2. The first-order valence-electron chi connectivity index (χ1n) is 14.4. The van der Waals surface area contributed by atoms with Crippen LogP contribution in [0.15, 0.2) is 117 Å². The van der Waals surface area contributed by atoms with Crippen molar-refractivity contribution < 1.29 is 17.9 Å². The van der Waals surface area contributed by atoms with E-state index in [4.69, 9.17) is 0 Å². The van der Waals surface area contributed by atoms with Crippen LogP contribution in [0.5, 0.6) is 0 Å². The second kappa shape index (κ2) is 10.9. The van der Waals surface area contributed by atoms with Gasteiger partial charge in [0.1, 0.15) is 0 Å². The summed E-state index contributed by atoms with van der Waals surface area (Å²) in [4.78, 5) is 0. The van der Waals surface area contributed by atoms with E-state index in [-0.39, 0.29) is 0 Å².